The van der Waals surface area contributed by atoms with E-state index < -0.39 is 12.0 Å². The van der Waals surface area contributed by atoms with Crippen molar-refractivity contribution in [1.29, 1.82) is 0 Å². The number of carbonyl (C=O) groups is 1. The fourth-order valence-electron chi connectivity index (χ4n) is 4.17. The molecule has 0 bridgehead atoms. The number of allylic oxidation sites excluding steroid dienone is 1. The molecule has 1 aliphatic rings. The van der Waals surface area contributed by atoms with E-state index in [1.54, 1.807) is 57.4 Å². The molecule has 3 aromatic rings. The number of unbranched alkanes of at least 4 members (excludes halogenated alkanes) is 1. The Morgan fingerprint density at radius 3 is 2.63 bits per heavy atom. The summed E-state index contributed by atoms with van der Waals surface area (Å²) in [4.78, 5) is 32.0. The third-order valence-electron chi connectivity index (χ3n) is 6.03. The van der Waals surface area contributed by atoms with Crippen LogP contribution in [0.4, 0.5) is 0 Å². The molecule has 200 valence electrons. The standard InChI is InChI=1S/C28H28Cl2N2O5S/c1-5-7-12-37-21-11-9-18(13-22(21)35-4)25-24(27(34)36-6-2)16(3)31-28-32(25)26(33)23(38-28)14-17-8-10-19(29)15-20(17)30/h8-11,13-15,25H,5-7,12H2,1-4H3/b23-14-. The molecule has 1 aromatic heterocycles. The number of thiazole rings is 1. The highest BCUT2D eigenvalue weighted by Gasteiger charge is 2.34. The minimum absolute atomic E-state index is 0.190. The maximum atomic E-state index is 13.8. The quantitative estimate of drug-likeness (QED) is 0.256. The van der Waals surface area contributed by atoms with Crippen molar-refractivity contribution in [3.63, 3.8) is 0 Å². The van der Waals surface area contributed by atoms with Gasteiger partial charge in [-0.25, -0.2) is 9.79 Å². The largest absolute Gasteiger partial charge is 0.493 e. The Hall–Kier alpha value is -3.07. The molecule has 1 aliphatic heterocycles. The van der Waals surface area contributed by atoms with Gasteiger partial charge in [0.1, 0.15) is 0 Å². The van der Waals surface area contributed by atoms with E-state index in [0.717, 1.165) is 12.8 Å². The summed E-state index contributed by atoms with van der Waals surface area (Å²) in [7, 11) is 1.56. The van der Waals surface area contributed by atoms with Gasteiger partial charge in [0.25, 0.3) is 5.56 Å². The molecular weight excluding hydrogens is 547 g/mol. The summed E-state index contributed by atoms with van der Waals surface area (Å²) in [6.07, 6.45) is 3.62. The van der Waals surface area contributed by atoms with Gasteiger partial charge in [0, 0.05) is 10.0 Å². The average Bonchev–Trinajstić information content (AvgIpc) is 3.19. The lowest BCUT2D eigenvalue weighted by atomic mass is 9.95. The number of aromatic nitrogens is 1. The van der Waals surface area contributed by atoms with Crippen LogP contribution in [0.1, 0.15) is 50.8 Å². The molecule has 38 heavy (non-hydrogen) atoms. The van der Waals surface area contributed by atoms with Gasteiger partial charge in [0.2, 0.25) is 0 Å². The van der Waals surface area contributed by atoms with Crippen molar-refractivity contribution < 1.29 is 19.0 Å². The van der Waals surface area contributed by atoms with Gasteiger partial charge in [0.05, 0.1) is 42.2 Å². The summed E-state index contributed by atoms with van der Waals surface area (Å²) in [5.74, 6) is 0.565. The van der Waals surface area contributed by atoms with Crippen LogP contribution in [0.15, 0.2) is 57.5 Å². The number of fused-ring (bicyclic) bond motifs is 1. The van der Waals surface area contributed by atoms with E-state index >= 15 is 0 Å². The third-order valence-corrected chi connectivity index (χ3v) is 7.57. The number of nitrogens with zero attached hydrogens (tertiary/aromatic N) is 2. The molecule has 2 heterocycles. The molecule has 1 unspecified atom stereocenters. The Kier molecular flexibility index (Phi) is 8.97. The third kappa shape index (κ3) is 5.67. The Morgan fingerprint density at radius 2 is 1.95 bits per heavy atom. The van der Waals surface area contributed by atoms with Crippen molar-refractivity contribution in [2.75, 3.05) is 20.3 Å². The number of hydrogen-bond donors (Lipinski definition) is 0. The SMILES string of the molecule is CCCCOc1ccc(C2C(C(=O)OCC)=C(C)N=c3s/c(=C\c4ccc(Cl)cc4Cl)c(=O)n32)cc1OC. The van der Waals surface area contributed by atoms with E-state index in [2.05, 4.69) is 11.9 Å². The van der Waals surface area contributed by atoms with Gasteiger partial charge in [-0.2, -0.15) is 0 Å². The molecule has 2 aromatic carbocycles. The van der Waals surface area contributed by atoms with Crippen molar-refractivity contribution in [3.05, 3.63) is 88.5 Å². The smallest absolute Gasteiger partial charge is 0.338 e. The minimum Gasteiger partial charge on any atom is -0.493 e. The lowest BCUT2D eigenvalue weighted by Crippen LogP contribution is -2.40. The first-order chi connectivity index (χ1) is 18.3. The molecular formula is C28H28Cl2N2O5S. The van der Waals surface area contributed by atoms with Crippen LogP contribution < -0.4 is 24.4 Å². The minimum atomic E-state index is -0.772. The number of hydrogen-bond acceptors (Lipinski definition) is 7. The van der Waals surface area contributed by atoms with Crippen molar-refractivity contribution >= 4 is 46.6 Å². The lowest BCUT2D eigenvalue weighted by molar-refractivity contribution is -0.139. The predicted molar refractivity (Wildman–Crippen MR) is 150 cm³/mol. The van der Waals surface area contributed by atoms with E-state index in [4.69, 9.17) is 37.4 Å². The van der Waals surface area contributed by atoms with Gasteiger partial charge in [0.15, 0.2) is 16.3 Å². The molecule has 0 aliphatic carbocycles. The van der Waals surface area contributed by atoms with Gasteiger partial charge >= 0.3 is 5.97 Å². The summed E-state index contributed by atoms with van der Waals surface area (Å²) in [5, 5.41) is 0.922. The van der Waals surface area contributed by atoms with E-state index in [1.807, 2.05) is 6.07 Å². The number of ether oxygens (including phenoxy) is 3. The molecule has 4 rings (SSSR count). The monoisotopic (exact) mass is 574 g/mol. The molecule has 0 spiro atoms. The number of esters is 1. The molecule has 0 saturated carbocycles. The van der Waals surface area contributed by atoms with E-state index in [9.17, 15) is 9.59 Å². The zero-order valence-electron chi connectivity index (χ0n) is 21.5. The topological polar surface area (TPSA) is 79.1 Å². The zero-order valence-corrected chi connectivity index (χ0v) is 23.9. The molecule has 0 saturated heterocycles. The number of benzene rings is 2. The normalized spacial score (nSPS) is 15.2. The van der Waals surface area contributed by atoms with Crippen LogP contribution in [-0.4, -0.2) is 30.9 Å². The number of rotatable bonds is 9. The Labute approximate surface area is 234 Å². The van der Waals surface area contributed by atoms with Gasteiger partial charge < -0.3 is 14.2 Å². The van der Waals surface area contributed by atoms with E-state index in [1.165, 1.54) is 15.9 Å². The molecule has 10 heteroatoms. The van der Waals surface area contributed by atoms with Gasteiger partial charge in [-0.15, -0.1) is 0 Å². The van der Waals surface area contributed by atoms with Crippen LogP contribution in [-0.2, 0) is 9.53 Å². The van der Waals surface area contributed by atoms with Gasteiger partial charge in [-0.05, 0) is 61.7 Å². The first kappa shape index (κ1) is 28.0. The Balaban J connectivity index is 1.90. The summed E-state index contributed by atoms with van der Waals surface area (Å²) in [5.41, 5.74) is 1.78. The first-order valence-electron chi connectivity index (χ1n) is 12.2. The molecule has 0 N–H and O–H groups in total. The maximum absolute atomic E-state index is 13.8. The number of carbonyl (C=O) groups excluding carboxylic acids is 1. The Bertz CT molecular complexity index is 1570. The van der Waals surface area contributed by atoms with Gasteiger partial charge in [-0.3, -0.25) is 9.36 Å². The van der Waals surface area contributed by atoms with Crippen LogP contribution in [0.2, 0.25) is 10.0 Å². The fraction of sp³-hybridized carbons (Fsp3) is 0.321. The van der Waals surface area contributed by atoms with Crippen molar-refractivity contribution in [2.45, 2.75) is 39.7 Å². The Morgan fingerprint density at radius 1 is 1.16 bits per heavy atom. The molecule has 0 amide bonds. The highest BCUT2D eigenvalue weighted by atomic mass is 35.5. The zero-order chi connectivity index (χ0) is 27.4. The number of methoxy groups -OCH3 is 1. The molecule has 0 fully saturated rings. The summed E-state index contributed by atoms with van der Waals surface area (Å²) >= 11 is 13.6. The highest BCUT2D eigenvalue weighted by Crippen LogP contribution is 2.36. The molecule has 7 nitrogen and oxygen atoms in total. The molecule has 0 radical (unpaired) electrons. The second-order valence-corrected chi connectivity index (χ2v) is 10.4. The predicted octanol–water partition coefficient (Wildman–Crippen LogP) is 5.29. The summed E-state index contributed by atoms with van der Waals surface area (Å²) < 4.78 is 18.8. The molecule has 1 atom stereocenters. The summed E-state index contributed by atoms with van der Waals surface area (Å²) in [6.45, 7) is 6.31. The van der Waals surface area contributed by atoms with E-state index in [0.29, 0.717) is 54.3 Å². The van der Waals surface area contributed by atoms with Gasteiger partial charge in [-0.1, -0.05) is 60.0 Å². The summed E-state index contributed by atoms with van der Waals surface area (Å²) in [6, 6.07) is 9.72. The number of halogens is 2. The van der Waals surface area contributed by atoms with Crippen LogP contribution in [0.25, 0.3) is 6.08 Å². The average molecular weight is 576 g/mol. The van der Waals surface area contributed by atoms with Crippen LogP contribution in [0, 0.1) is 0 Å². The van der Waals surface area contributed by atoms with Crippen LogP contribution in [0.3, 0.4) is 0 Å². The van der Waals surface area contributed by atoms with Crippen molar-refractivity contribution in [1.82, 2.24) is 4.57 Å². The van der Waals surface area contributed by atoms with Crippen molar-refractivity contribution in [2.24, 2.45) is 4.99 Å². The first-order valence-corrected chi connectivity index (χ1v) is 13.8. The van der Waals surface area contributed by atoms with Crippen LogP contribution in [0.5, 0.6) is 11.5 Å². The van der Waals surface area contributed by atoms with Crippen LogP contribution >= 0.6 is 34.5 Å². The van der Waals surface area contributed by atoms with E-state index in [-0.39, 0.29) is 17.7 Å². The van der Waals surface area contributed by atoms with Crippen molar-refractivity contribution in [3.8, 4) is 11.5 Å². The highest BCUT2D eigenvalue weighted by molar-refractivity contribution is 7.07. The fourth-order valence-corrected chi connectivity index (χ4v) is 5.67. The second-order valence-electron chi connectivity index (χ2n) is 8.58. The maximum Gasteiger partial charge on any atom is 0.338 e. The second kappa shape index (κ2) is 12.2. The lowest BCUT2D eigenvalue weighted by Gasteiger charge is -2.25.